The molecule has 7 nitrogen and oxygen atoms in total. The maximum Gasteiger partial charge on any atom is 0.252 e. The largest absolute Gasteiger partial charge is 0.365 e. The normalized spacial score (nSPS) is 17.2. The highest BCUT2D eigenvalue weighted by molar-refractivity contribution is 7.09. The summed E-state index contributed by atoms with van der Waals surface area (Å²) in [5.74, 6) is -0.0427. The van der Waals surface area contributed by atoms with Crippen LogP contribution in [-0.2, 0) is 0 Å². The SMILES string of the molecule is CC(c1nccs1)N1CCN(c2nnc(Cl)cc2C(N)=O)CC1. The van der Waals surface area contributed by atoms with Gasteiger partial charge >= 0.3 is 0 Å². The molecule has 3 rings (SSSR count). The van der Waals surface area contributed by atoms with Gasteiger partial charge in [-0.2, -0.15) is 0 Å². The fourth-order valence-electron chi connectivity index (χ4n) is 2.69. The molecule has 0 aromatic carbocycles. The fourth-order valence-corrected chi connectivity index (χ4v) is 3.57. The third kappa shape index (κ3) is 3.44. The highest BCUT2D eigenvalue weighted by Gasteiger charge is 2.26. The van der Waals surface area contributed by atoms with Crippen LogP contribution in [0.5, 0.6) is 0 Å². The van der Waals surface area contributed by atoms with E-state index in [9.17, 15) is 4.79 Å². The third-order valence-electron chi connectivity index (χ3n) is 3.98. The van der Waals surface area contributed by atoms with E-state index in [-0.39, 0.29) is 11.2 Å². The molecule has 0 bridgehead atoms. The lowest BCUT2D eigenvalue weighted by molar-refractivity contribution is 0.1000. The Labute approximate surface area is 143 Å². The standard InChI is InChI=1S/C14H17ClN6OS/c1-9(14-17-2-7-23-14)20-3-5-21(6-4-20)13-10(12(16)22)8-11(15)18-19-13/h2,7-9H,3-6H2,1H3,(H2,16,22). The van der Waals surface area contributed by atoms with Gasteiger partial charge in [0.15, 0.2) is 11.0 Å². The monoisotopic (exact) mass is 352 g/mol. The van der Waals surface area contributed by atoms with Gasteiger partial charge in [-0.15, -0.1) is 21.5 Å². The topological polar surface area (TPSA) is 88.2 Å². The van der Waals surface area contributed by atoms with Crippen molar-refractivity contribution in [3.63, 3.8) is 0 Å². The minimum absolute atomic E-state index is 0.165. The number of piperazine rings is 1. The van der Waals surface area contributed by atoms with E-state index in [1.54, 1.807) is 11.3 Å². The smallest absolute Gasteiger partial charge is 0.252 e. The van der Waals surface area contributed by atoms with Crippen LogP contribution in [0.4, 0.5) is 5.82 Å². The summed E-state index contributed by atoms with van der Waals surface area (Å²) < 4.78 is 0. The molecular weight excluding hydrogens is 336 g/mol. The van der Waals surface area contributed by atoms with Crippen LogP contribution in [0.25, 0.3) is 0 Å². The lowest BCUT2D eigenvalue weighted by Gasteiger charge is -2.38. The zero-order valence-electron chi connectivity index (χ0n) is 12.6. The van der Waals surface area contributed by atoms with Crippen LogP contribution >= 0.6 is 22.9 Å². The molecule has 9 heteroatoms. The van der Waals surface area contributed by atoms with Gasteiger partial charge in [-0.1, -0.05) is 11.6 Å². The lowest BCUT2D eigenvalue weighted by atomic mass is 10.2. The molecule has 1 aliphatic heterocycles. The first-order chi connectivity index (χ1) is 11.1. The van der Waals surface area contributed by atoms with E-state index in [4.69, 9.17) is 17.3 Å². The Morgan fingerprint density at radius 3 is 2.70 bits per heavy atom. The van der Waals surface area contributed by atoms with Crippen molar-refractivity contribution < 1.29 is 4.79 Å². The van der Waals surface area contributed by atoms with Crippen LogP contribution in [0.15, 0.2) is 17.6 Å². The van der Waals surface area contributed by atoms with Gasteiger partial charge in [0, 0.05) is 37.8 Å². The molecule has 2 N–H and O–H groups in total. The minimum atomic E-state index is -0.546. The number of halogens is 1. The molecule has 122 valence electrons. The van der Waals surface area contributed by atoms with Crippen molar-refractivity contribution in [2.45, 2.75) is 13.0 Å². The zero-order valence-corrected chi connectivity index (χ0v) is 14.2. The molecule has 1 saturated heterocycles. The quantitative estimate of drug-likeness (QED) is 0.898. The average Bonchev–Trinajstić information content (AvgIpc) is 3.09. The van der Waals surface area contributed by atoms with E-state index in [2.05, 4.69) is 27.0 Å². The molecule has 2 aromatic rings. The molecule has 1 fully saturated rings. The number of hydrogen-bond acceptors (Lipinski definition) is 7. The van der Waals surface area contributed by atoms with Crippen molar-refractivity contribution in [3.8, 4) is 0 Å². The maximum atomic E-state index is 11.6. The van der Waals surface area contributed by atoms with Gasteiger partial charge < -0.3 is 10.6 Å². The molecule has 3 heterocycles. The molecule has 0 spiro atoms. The molecule has 0 saturated carbocycles. The van der Waals surface area contributed by atoms with E-state index in [1.165, 1.54) is 6.07 Å². The van der Waals surface area contributed by atoms with Crippen LogP contribution in [0.2, 0.25) is 5.15 Å². The summed E-state index contributed by atoms with van der Waals surface area (Å²) in [6.07, 6.45) is 1.83. The average molecular weight is 353 g/mol. The summed E-state index contributed by atoms with van der Waals surface area (Å²) in [5, 5.41) is 11.2. The van der Waals surface area contributed by atoms with E-state index >= 15 is 0 Å². The van der Waals surface area contributed by atoms with E-state index < -0.39 is 5.91 Å². The Morgan fingerprint density at radius 1 is 1.35 bits per heavy atom. The summed E-state index contributed by atoms with van der Waals surface area (Å²) >= 11 is 7.47. The van der Waals surface area contributed by atoms with Crippen molar-refractivity contribution in [1.82, 2.24) is 20.1 Å². The van der Waals surface area contributed by atoms with Crippen molar-refractivity contribution in [1.29, 1.82) is 0 Å². The molecule has 1 atom stereocenters. The first-order valence-corrected chi connectivity index (χ1v) is 8.53. The first-order valence-electron chi connectivity index (χ1n) is 7.27. The second-order valence-corrected chi connectivity index (χ2v) is 6.65. The van der Waals surface area contributed by atoms with Gasteiger partial charge in [0.05, 0.1) is 11.6 Å². The van der Waals surface area contributed by atoms with E-state index in [0.29, 0.717) is 11.4 Å². The minimum Gasteiger partial charge on any atom is -0.365 e. The van der Waals surface area contributed by atoms with Gasteiger partial charge in [-0.25, -0.2) is 4.98 Å². The first kappa shape index (κ1) is 16.1. The summed E-state index contributed by atoms with van der Waals surface area (Å²) in [7, 11) is 0. The number of nitrogens with two attached hydrogens (primary N) is 1. The fraction of sp³-hybridized carbons (Fsp3) is 0.429. The highest BCUT2D eigenvalue weighted by Crippen LogP contribution is 2.26. The van der Waals surface area contributed by atoms with Gasteiger partial charge in [0.25, 0.3) is 5.91 Å². The summed E-state index contributed by atoms with van der Waals surface area (Å²) in [6.45, 7) is 5.34. The predicted molar refractivity (Wildman–Crippen MR) is 89.9 cm³/mol. The number of carbonyl (C=O) groups is 1. The molecule has 1 unspecified atom stereocenters. The van der Waals surface area contributed by atoms with Crippen molar-refractivity contribution in [3.05, 3.63) is 33.4 Å². The Balaban J connectivity index is 1.71. The number of thiazole rings is 1. The van der Waals surface area contributed by atoms with E-state index in [1.807, 2.05) is 16.5 Å². The molecule has 2 aromatic heterocycles. The van der Waals surface area contributed by atoms with Gasteiger partial charge in [-0.3, -0.25) is 9.69 Å². The zero-order chi connectivity index (χ0) is 16.4. The molecule has 0 radical (unpaired) electrons. The number of aromatic nitrogens is 3. The second-order valence-electron chi connectivity index (χ2n) is 5.34. The summed E-state index contributed by atoms with van der Waals surface area (Å²) in [6, 6.07) is 1.75. The number of anilines is 1. The van der Waals surface area contributed by atoms with Crippen molar-refractivity contribution in [2.75, 3.05) is 31.1 Å². The Hall–Kier alpha value is -1.77. The van der Waals surface area contributed by atoms with Crippen molar-refractivity contribution in [2.24, 2.45) is 5.73 Å². The molecular formula is C14H17ClN6OS. The maximum absolute atomic E-state index is 11.6. The predicted octanol–water partition coefficient (Wildman–Crippen LogP) is 1.57. The van der Waals surface area contributed by atoms with Crippen LogP contribution in [0, 0.1) is 0 Å². The summed E-state index contributed by atoms with van der Waals surface area (Å²) in [4.78, 5) is 20.4. The lowest BCUT2D eigenvalue weighted by Crippen LogP contribution is -2.48. The molecule has 1 amide bonds. The van der Waals surface area contributed by atoms with Gasteiger partial charge in [-0.05, 0) is 13.0 Å². The third-order valence-corrected chi connectivity index (χ3v) is 5.11. The highest BCUT2D eigenvalue weighted by atomic mass is 35.5. The van der Waals surface area contributed by atoms with Crippen LogP contribution < -0.4 is 10.6 Å². The van der Waals surface area contributed by atoms with Crippen LogP contribution in [-0.4, -0.2) is 52.2 Å². The number of primary amides is 1. The molecule has 1 aliphatic rings. The molecule has 0 aliphatic carbocycles. The number of hydrogen-bond donors (Lipinski definition) is 1. The number of rotatable bonds is 4. The molecule has 23 heavy (non-hydrogen) atoms. The Kier molecular flexibility index (Phi) is 4.74. The van der Waals surface area contributed by atoms with Crippen LogP contribution in [0.3, 0.4) is 0 Å². The summed E-state index contributed by atoms with van der Waals surface area (Å²) in [5.41, 5.74) is 5.73. The number of amides is 1. The van der Waals surface area contributed by atoms with Crippen LogP contribution in [0.1, 0.15) is 28.3 Å². The second kappa shape index (κ2) is 6.77. The number of nitrogens with zero attached hydrogens (tertiary/aromatic N) is 5. The van der Waals surface area contributed by atoms with E-state index in [0.717, 1.165) is 31.2 Å². The van der Waals surface area contributed by atoms with Gasteiger partial charge in [0.1, 0.15) is 5.01 Å². The van der Waals surface area contributed by atoms with Crippen molar-refractivity contribution >= 4 is 34.7 Å². The Bertz CT molecular complexity index is 687. The Morgan fingerprint density at radius 2 is 2.09 bits per heavy atom. The number of carbonyl (C=O) groups excluding carboxylic acids is 1. The van der Waals surface area contributed by atoms with Gasteiger partial charge in [0.2, 0.25) is 0 Å².